The lowest BCUT2D eigenvalue weighted by Crippen LogP contribution is -2.39. The van der Waals surface area contributed by atoms with Crippen molar-refractivity contribution in [1.29, 1.82) is 0 Å². The van der Waals surface area contributed by atoms with Crippen LogP contribution >= 0.6 is 0 Å². The number of alkyl halides is 3. The number of nitrogens with zero attached hydrogens (tertiary/aromatic N) is 1. The molecule has 0 heterocycles. The maximum absolute atomic E-state index is 12.5. The van der Waals surface area contributed by atoms with Crippen molar-refractivity contribution in [3.05, 3.63) is 23.8 Å². The second kappa shape index (κ2) is 6.01. The van der Waals surface area contributed by atoms with E-state index in [1.54, 1.807) is 6.92 Å². The maximum atomic E-state index is 12.5. The highest BCUT2D eigenvalue weighted by Gasteiger charge is 2.37. The number of rotatable bonds is 5. The molecular formula is C12H17F3N2O2S. The van der Waals surface area contributed by atoms with E-state index in [-0.39, 0.29) is 11.4 Å². The molecule has 20 heavy (non-hydrogen) atoms. The predicted octanol–water partition coefficient (Wildman–Crippen LogP) is 2.54. The first-order chi connectivity index (χ1) is 9.08. The summed E-state index contributed by atoms with van der Waals surface area (Å²) in [4.78, 5) is -0.149. The normalized spacial score (nSPS) is 12.9. The molecule has 0 aliphatic carbocycles. The molecule has 1 aromatic carbocycles. The molecule has 0 fully saturated rings. The molecule has 0 atom stereocenters. The largest absolute Gasteiger partial charge is 0.402 e. The number of hydrogen-bond donors (Lipinski definition) is 1. The van der Waals surface area contributed by atoms with Gasteiger partial charge in [-0.25, -0.2) is 8.42 Å². The van der Waals surface area contributed by atoms with E-state index < -0.39 is 22.7 Å². The summed E-state index contributed by atoms with van der Waals surface area (Å²) < 4.78 is 62.6. The van der Waals surface area contributed by atoms with E-state index in [9.17, 15) is 21.6 Å². The second-order valence-electron chi connectivity index (χ2n) is 4.48. The van der Waals surface area contributed by atoms with Crippen LogP contribution in [0.15, 0.2) is 23.1 Å². The Morgan fingerprint density at radius 3 is 2.35 bits per heavy atom. The Hall–Kier alpha value is -1.28. The molecule has 0 spiro atoms. The van der Waals surface area contributed by atoms with Gasteiger partial charge in [0, 0.05) is 12.2 Å². The number of nitrogen functional groups attached to an aromatic ring is 1. The molecule has 0 bridgehead atoms. The number of sulfonamides is 1. The van der Waals surface area contributed by atoms with E-state index >= 15 is 0 Å². The van der Waals surface area contributed by atoms with Crippen LogP contribution in [-0.2, 0) is 10.0 Å². The number of anilines is 1. The lowest BCUT2D eigenvalue weighted by atomic mass is 10.2. The molecular weight excluding hydrogens is 293 g/mol. The summed E-state index contributed by atoms with van der Waals surface area (Å²) in [6, 6.07) is 4.02. The van der Waals surface area contributed by atoms with Gasteiger partial charge >= 0.3 is 6.18 Å². The zero-order valence-corrected chi connectivity index (χ0v) is 12.1. The van der Waals surface area contributed by atoms with Gasteiger partial charge in [0.2, 0.25) is 10.0 Å². The molecule has 0 unspecified atom stereocenters. The third kappa shape index (κ3) is 4.11. The van der Waals surface area contributed by atoms with Crippen LogP contribution in [0.1, 0.15) is 18.9 Å². The first kappa shape index (κ1) is 16.8. The average Bonchev–Trinajstić information content (AvgIpc) is 2.26. The number of aryl methyl sites for hydroxylation is 1. The molecule has 0 aromatic heterocycles. The maximum Gasteiger partial charge on any atom is 0.402 e. The zero-order valence-electron chi connectivity index (χ0n) is 11.2. The molecule has 4 nitrogen and oxygen atoms in total. The molecule has 0 saturated carbocycles. The van der Waals surface area contributed by atoms with Gasteiger partial charge in [0.1, 0.15) is 6.54 Å². The van der Waals surface area contributed by atoms with Crippen molar-refractivity contribution in [2.24, 2.45) is 0 Å². The SMILES string of the molecule is CCCN(CC(F)(F)F)S(=O)(=O)c1ccc(N)cc1C. The molecule has 1 rings (SSSR count). The number of halogens is 3. The standard InChI is InChI=1S/C12H17F3N2O2S/c1-3-6-17(8-12(13,14)15)20(18,19)11-5-4-10(16)7-9(11)2/h4-5,7H,3,6,8,16H2,1-2H3. The average molecular weight is 310 g/mol. The van der Waals surface area contributed by atoms with E-state index in [0.717, 1.165) is 0 Å². The lowest BCUT2D eigenvalue weighted by Gasteiger charge is -2.23. The van der Waals surface area contributed by atoms with Crippen LogP contribution in [0.5, 0.6) is 0 Å². The predicted molar refractivity (Wildman–Crippen MR) is 70.7 cm³/mol. The summed E-state index contributed by atoms with van der Waals surface area (Å²) in [5.41, 5.74) is 6.21. The fourth-order valence-corrected chi connectivity index (χ4v) is 3.56. The number of hydrogen-bond acceptors (Lipinski definition) is 3. The Labute approximate surface area is 116 Å². The fraction of sp³-hybridized carbons (Fsp3) is 0.500. The molecule has 0 aliphatic rings. The van der Waals surface area contributed by atoms with E-state index in [4.69, 9.17) is 5.73 Å². The molecule has 0 amide bonds. The summed E-state index contributed by atoms with van der Waals surface area (Å²) in [7, 11) is -4.19. The van der Waals surface area contributed by atoms with Crippen molar-refractivity contribution in [3.8, 4) is 0 Å². The summed E-state index contributed by atoms with van der Waals surface area (Å²) in [5, 5.41) is 0. The molecule has 2 N–H and O–H groups in total. The van der Waals surface area contributed by atoms with Gasteiger partial charge in [-0.05, 0) is 37.1 Å². The Morgan fingerprint density at radius 1 is 1.30 bits per heavy atom. The minimum atomic E-state index is -4.58. The summed E-state index contributed by atoms with van der Waals surface area (Å²) >= 11 is 0. The van der Waals surface area contributed by atoms with E-state index in [0.29, 0.717) is 22.0 Å². The Morgan fingerprint density at radius 2 is 1.90 bits per heavy atom. The Balaban J connectivity index is 3.22. The van der Waals surface area contributed by atoms with Crippen molar-refractivity contribution in [1.82, 2.24) is 4.31 Å². The van der Waals surface area contributed by atoms with E-state index in [2.05, 4.69) is 0 Å². The monoisotopic (exact) mass is 310 g/mol. The van der Waals surface area contributed by atoms with Crippen LogP contribution in [-0.4, -0.2) is 32.0 Å². The first-order valence-corrected chi connectivity index (χ1v) is 7.45. The Bertz CT molecular complexity index is 571. The van der Waals surface area contributed by atoms with Gasteiger partial charge in [0.25, 0.3) is 0 Å². The third-order valence-corrected chi connectivity index (χ3v) is 4.65. The van der Waals surface area contributed by atoms with Crippen LogP contribution in [0, 0.1) is 6.92 Å². The van der Waals surface area contributed by atoms with Gasteiger partial charge in [-0.1, -0.05) is 6.92 Å². The van der Waals surface area contributed by atoms with E-state index in [1.807, 2.05) is 0 Å². The smallest absolute Gasteiger partial charge is 0.399 e. The van der Waals surface area contributed by atoms with E-state index in [1.165, 1.54) is 25.1 Å². The second-order valence-corrected chi connectivity index (χ2v) is 6.39. The van der Waals surface area contributed by atoms with Gasteiger partial charge in [0.05, 0.1) is 4.90 Å². The molecule has 114 valence electrons. The first-order valence-electron chi connectivity index (χ1n) is 6.01. The quantitative estimate of drug-likeness (QED) is 0.850. The molecule has 0 aliphatic heterocycles. The van der Waals surface area contributed by atoms with Gasteiger partial charge < -0.3 is 5.73 Å². The van der Waals surface area contributed by atoms with Crippen LogP contribution in [0.4, 0.5) is 18.9 Å². The van der Waals surface area contributed by atoms with Gasteiger partial charge in [-0.2, -0.15) is 17.5 Å². The summed E-state index contributed by atoms with van der Waals surface area (Å²) in [6.45, 7) is 1.44. The molecule has 0 saturated heterocycles. The van der Waals surface area contributed by atoms with Crippen LogP contribution < -0.4 is 5.73 Å². The van der Waals surface area contributed by atoms with Gasteiger partial charge in [-0.15, -0.1) is 0 Å². The van der Waals surface area contributed by atoms with Crippen molar-refractivity contribution in [3.63, 3.8) is 0 Å². The minimum absolute atomic E-state index is 0.149. The fourth-order valence-electron chi connectivity index (χ4n) is 1.83. The number of benzene rings is 1. The van der Waals surface area contributed by atoms with Crippen LogP contribution in [0.3, 0.4) is 0 Å². The highest BCUT2D eigenvalue weighted by atomic mass is 32.2. The third-order valence-electron chi connectivity index (χ3n) is 2.65. The minimum Gasteiger partial charge on any atom is -0.399 e. The summed E-state index contributed by atoms with van der Waals surface area (Å²) in [6.07, 6.45) is -4.28. The lowest BCUT2D eigenvalue weighted by molar-refractivity contribution is -0.136. The molecule has 0 radical (unpaired) electrons. The van der Waals surface area contributed by atoms with Crippen molar-refractivity contribution in [2.45, 2.75) is 31.3 Å². The van der Waals surface area contributed by atoms with Crippen molar-refractivity contribution < 1.29 is 21.6 Å². The topological polar surface area (TPSA) is 63.4 Å². The zero-order chi connectivity index (χ0) is 15.6. The number of nitrogens with two attached hydrogens (primary N) is 1. The molecule has 8 heteroatoms. The highest BCUT2D eigenvalue weighted by Crippen LogP contribution is 2.25. The van der Waals surface area contributed by atoms with Crippen LogP contribution in [0.2, 0.25) is 0 Å². The molecule has 1 aromatic rings. The highest BCUT2D eigenvalue weighted by molar-refractivity contribution is 7.89. The van der Waals surface area contributed by atoms with Crippen molar-refractivity contribution in [2.75, 3.05) is 18.8 Å². The Kier molecular flexibility index (Phi) is 5.04. The van der Waals surface area contributed by atoms with Gasteiger partial charge in [0.15, 0.2) is 0 Å². The summed E-state index contributed by atoms with van der Waals surface area (Å²) in [5.74, 6) is 0. The van der Waals surface area contributed by atoms with Crippen LogP contribution in [0.25, 0.3) is 0 Å². The van der Waals surface area contributed by atoms with Gasteiger partial charge in [-0.3, -0.25) is 0 Å². The van der Waals surface area contributed by atoms with Crippen molar-refractivity contribution >= 4 is 15.7 Å².